The Balaban J connectivity index is 1.82. The van der Waals surface area contributed by atoms with Gasteiger partial charge in [-0.25, -0.2) is 4.39 Å². The first kappa shape index (κ1) is 14.3. The average molecular weight is 275 g/mol. The Morgan fingerprint density at radius 3 is 2.60 bits per heavy atom. The molecule has 0 heterocycles. The molecule has 0 bridgehead atoms. The number of aliphatic hydroxyl groups is 1. The zero-order chi connectivity index (χ0) is 14.4. The summed E-state index contributed by atoms with van der Waals surface area (Å²) in [6.45, 7) is 2.21. The molecule has 0 amide bonds. The van der Waals surface area contributed by atoms with Gasteiger partial charge in [-0.15, -0.1) is 0 Å². The van der Waals surface area contributed by atoms with Gasteiger partial charge in [-0.1, -0.05) is 30.3 Å². The Kier molecular flexibility index (Phi) is 4.96. The topological polar surface area (TPSA) is 41.5 Å². The predicted octanol–water partition coefficient (Wildman–Crippen LogP) is 2.99. The van der Waals surface area contributed by atoms with Crippen molar-refractivity contribution >= 4 is 5.69 Å². The lowest BCUT2D eigenvalue weighted by atomic mass is 10.2. The molecule has 2 aromatic carbocycles. The van der Waals surface area contributed by atoms with E-state index in [1.807, 2.05) is 43.3 Å². The number of anilines is 1. The van der Waals surface area contributed by atoms with E-state index in [-0.39, 0.29) is 19.0 Å². The average Bonchev–Trinajstić information content (AvgIpc) is 2.46. The van der Waals surface area contributed by atoms with Gasteiger partial charge in [0.25, 0.3) is 0 Å². The van der Waals surface area contributed by atoms with Crippen molar-refractivity contribution in [3.8, 4) is 5.75 Å². The maximum atomic E-state index is 13.6. The van der Waals surface area contributed by atoms with Crippen LogP contribution in [0, 0.1) is 12.7 Å². The molecule has 0 aliphatic rings. The van der Waals surface area contributed by atoms with E-state index >= 15 is 0 Å². The molecule has 0 aromatic heterocycles. The van der Waals surface area contributed by atoms with Gasteiger partial charge in [0, 0.05) is 6.54 Å². The highest BCUT2D eigenvalue weighted by atomic mass is 19.1. The molecule has 1 unspecified atom stereocenters. The molecule has 0 aliphatic carbocycles. The molecule has 0 radical (unpaired) electrons. The van der Waals surface area contributed by atoms with Crippen LogP contribution in [0.4, 0.5) is 10.1 Å². The van der Waals surface area contributed by atoms with Crippen molar-refractivity contribution in [3.63, 3.8) is 0 Å². The first-order chi connectivity index (χ1) is 9.66. The number of aliphatic hydroxyl groups excluding tert-OH is 1. The minimum absolute atomic E-state index is 0.157. The molecule has 1 atom stereocenters. The Morgan fingerprint density at radius 2 is 1.90 bits per heavy atom. The van der Waals surface area contributed by atoms with Crippen molar-refractivity contribution in [1.82, 2.24) is 0 Å². The van der Waals surface area contributed by atoms with Gasteiger partial charge in [0.15, 0.2) is 0 Å². The lowest BCUT2D eigenvalue weighted by molar-refractivity contribution is 0.117. The molecule has 2 rings (SSSR count). The summed E-state index contributed by atoms with van der Waals surface area (Å²) >= 11 is 0. The molecular formula is C16H18FNO2. The molecule has 0 saturated heterocycles. The number of hydrogen-bond donors (Lipinski definition) is 2. The lowest BCUT2D eigenvalue weighted by Crippen LogP contribution is -2.26. The van der Waals surface area contributed by atoms with Gasteiger partial charge < -0.3 is 15.2 Å². The largest absolute Gasteiger partial charge is 0.491 e. The molecule has 3 nitrogen and oxygen atoms in total. The summed E-state index contributed by atoms with van der Waals surface area (Å²) in [6, 6.07) is 14.1. The first-order valence-corrected chi connectivity index (χ1v) is 6.51. The molecule has 0 aliphatic heterocycles. The van der Waals surface area contributed by atoms with Gasteiger partial charge in [-0.3, -0.25) is 0 Å². The van der Waals surface area contributed by atoms with E-state index in [1.54, 1.807) is 6.07 Å². The quantitative estimate of drug-likeness (QED) is 0.851. The van der Waals surface area contributed by atoms with E-state index in [9.17, 15) is 9.50 Å². The summed E-state index contributed by atoms with van der Waals surface area (Å²) in [5.74, 6) is 0.384. The monoisotopic (exact) mass is 275 g/mol. The second kappa shape index (κ2) is 6.91. The summed E-state index contributed by atoms with van der Waals surface area (Å²) in [6.07, 6.45) is -0.714. The van der Waals surface area contributed by atoms with Crippen LogP contribution in [-0.2, 0) is 0 Å². The first-order valence-electron chi connectivity index (χ1n) is 6.51. The van der Waals surface area contributed by atoms with Crippen LogP contribution in [0.3, 0.4) is 0 Å². The Hall–Kier alpha value is -2.07. The van der Waals surface area contributed by atoms with Crippen LogP contribution in [0.5, 0.6) is 5.75 Å². The van der Waals surface area contributed by atoms with E-state index in [0.29, 0.717) is 11.4 Å². The zero-order valence-corrected chi connectivity index (χ0v) is 11.3. The maximum absolute atomic E-state index is 13.6. The molecule has 2 aromatic rings. The third-order valence-corrected chi connectivity index (χ3v) is 2.92. The number of hydrogen-bond acceptors (Lipinski definition) is 3. The van der Waals surface area contributed by atoms with Crippen LogP contribution in [0.15, 0.2) is 48.5 Å². The lowest BCUT2D eigenvalue weighted by Gasteiger charge is -2.15. The van der Waals surface area contributed by atoms with Crippen molar-refractivity contribution in [1.29, 1.82) is 0 Å². The number of benzene rings is 2. The van der Waals surface area contributed by atoms with Gasteiger partial charge in [0.1, 0.15) is 24.3 Å². The maximum Gasteiger partial charge on any atom is 0.146 e. The smallest absolute Gasteiger partial charge is 0.146 e. The highest BCUT2D eigenvalue weighted by molar-refractivity contribution is 5.51. The third kappa shape index (κ3) is 3.96. The number of ether oxygens (including phenoxy) is 1. The van der Waals surface area contributed by atoms with Gasteiger partial charge in [0.2, 0.25) is 0 Å². The number of para-hydroxylation sites is 2. The van der Waals surface area contributed by atoms with Crippen LogP contribution in [-0.4, -0.2) is 24.4 Å². The molecule has 4 heteroatoms. The summed E-state index contributed by atoms with van der Waals surface area (Å²) < 4.78 is 19.0. The Labute approximate surface area is 118 Å². The van der Waals surface area contributed by atoms with Crippen molar-refractivity contribution < 1.29 is 14.2 Å². The number of halogens is 1. The van der Waals surface area contributed by atoms with E-state index in [2.05, 4.69) is 5.32 Å². The van der Waals surface area contributed by atoms with Crippen LogP contribution >= 0.6 is 0 Å². The second-order valence-corrected chi connectivity index (χ2v) is 4.59. The highest BCUT2D eigenvalue weighted by Gasteiger charge is 2.09. The van der Waals surface area contributed by atoms with E-state index in [1.165, 1.54) is 6.07 Å². The van der Waals surface area contributed by atoms with Crippen molar-refractivity contribution in [3.05, 3.63) is 59.9 Å². The number of nitrogens with one attached hydrogen (secondary N) is 1. The highest BCUT2D eigenvalue weighted by Crippen LogP contribution is 2.18. The van der Waals surface area contributed by atoms with Crippen molar-refractivity contribution in [2.24, 2.45) is 0 Å². The number of aryl methyl sites for hydroxylation is 1. The van der Waals surface area contributed by atoms with Gasteiger partial charge in [-0.05, 0) is 30.7 Å². The summed E-state index contributed by atoms with van der Waals surface area (Å²) in [7, 11) is 0. The van der Waals surface area contributed by atoms with E-state index in [0.717, 1.165) is 5.56 Å². The molecule has 20 heavy (non-hydrogen) atoms. The molecule has 0 saturated carbocycles. The standard InChI is InChI=1S/C16H18FNO2/c1-12-6-5-9-15(17)16(12)18-10-13(19)11-20-14-7-3-2-4-8-14/h2-9,13,18-19H,10-11H2,1H3. The van der Waals surface area contributed by atoms with Gasteiger partial charge >= 0.3 is 0 Å². The normalized spacial score (nSPS) is 11.9. The van der Waals surface area contributed by atoms with E-state index in [4.69, 9.17) is 4.74 Å². The third-order valence-electron chi connectivity index (χ3n) is 2.92. The molecule has 0 spiro atoms. The van der Waals surface area contributed by atoms with Gasteiger partial charge in [-0.2, -0.15) is 0 Å². The van der Waals surface area contributed by atoms with Crippen LogP contribution in [0.25, 0.3) is 0 Å². The fourth-order valence-electron chi connectivity index (χ4n) is 1.84. The minimum atomic E-state index is -0.714. The molecular weight excluding hydrogens is 257 g/mol. The second-order valence-electron chi connectivity index (χ2n) is 4.59. The number of rotatable bonds is 6. The summed E-state index contributed by atoms with van der Waals surface area (Å²) in [5.41, 5.74) is 1.23. The fourth-order valence-corrected chi connectivity index (χ4v) is 1.84. The molecule has 0 fully saturated rings. The Morgan fingerprint density at radius 1 is 1.15 bits per heavy atom. The fraction of sp³-hybridized carbons (Fsp3) is 0.250. The van der Waals surface area contributed by atoms with Crippen molar-refractivity contribution in [2.45, 2.75) is 13.0 Å². The SMILES string of the molecule is Cc1cccc(F)c1NCC(O)COc1ccccc1. The molecule has 2 N–H and O–H groups in total. The van der Waals surface area contributed by atoms with E-state index < -0.39 is 6.10 Å². The van der Waals surface area contributed by atoms with Gasteiger partial charge in [0.05, 0.1) is 5.69 Å². The van der Waals surface area contributed by atoms with Crippen LogP contribution < -0.4 is 10.1 Å². The summed E-state index contributed by atoms with van der Waals surface area (Å²) in [4.78, 5) is 0. The predicted molar refractivity (Wildman–Crippen MR) is 77.6 cm³/mol. The zero-order valence-electron chi connectivity index (χ0n) is 11.3. The minimum Gasteiger partial charge on any atom is -0.491 e. The van der Waals surface area contributed by atoms with Crippen molar-refractivity contribution in [2.75, 3.05) is 18.5 Å². The molecule has 106 valence electrons. The summed E-state index contributed by atoms with van der Waals surface area (Å²) in [5, 5.41) is 12.8. The Bertz CT molecular complexity index is 525. The van der Waals surface area contributed by atoms with Crippen LogP contribution in [0.2, 0.25) is 0 Å². The van der Waals surface area contributed by atoms with Crippen LogP contribution in [0.1, 0.15) is 5.56 Å².